The molecule has 23 heavy (non-hydrogen) atoms. The summed E-state index contributed by atoms with van der Waals surface area (Å²) >= 11 is 1.79. The third-order valence-electron chi connectivity index (χ3n) is 4.39. The molecule has 2 heterocycles. The van der Waals surface area contributed by atoms with E-state index in [1.165, 1.54) is 42.2 Å². The molecule has 0 spiro atoms. The van der Waals surface area contributed by atoms with E-state index in [9.17, 15) is 0 Å². The third-order valence-corrected chi connectivity index (χ3v) is 5.39. The number of thiazole rings is 1. The van der Waals surface area contributed by atoms with Gasteiger partial charge < -0.3 is 10.1 Å². The van der Waals surface area contributed by atoms with Crippen molar-refractivity contribution < 1.29 is 4.74 Å². The molecule has 0 radical (unpaired) electrons. The second kappa shape index (κ2) is 8.83. The fraction of sp³-hybridized carbons (Fsp3) is 0.588. The van der Waals surface area contributed by atoms with E-state index in [4.69, 9.17) is 9.72 Å². The van der Waals surface area contributed by atoms with Crippen LogP contribution in [0.5, 0.6) is 5.75 Å². The van der Waals surface area contributed by atoms with Gasteiger partial charge in [0.15, 0.2) is 0 Å². The second-order valence-corrected chi connectivity index (χ2v) is 7.08. The van der Waals surface area contributed by atoms with Gasteiger partial charge in [0.05, 0.1) is 23.9 Å². The summed E-state index contributed by atoms with van der Waals surface area (Å²) in [5.74, 6) is 1.75. The number of ether oxygens (including phenoxy) is 1. The van der Waals surface area contributed by atoms with Crippen molar-refractivity contribution in [1.82, 2.24) is 15.2 Å². The molecule has 1 aromatic carbocycles. The molecule has 128 valence electrons. The predicted octanol–water partition coefficient (Wildman–Crippen LogP) is 3.55. The van der Waals surface area contributed by atoms with Crippen LogP contribution in [0.3, 0.4) is 0 Å². The maximum Gasteiger partial charge on any atom is 0.120 e. The summed E-state index contributed by atoms with van der Waals surface area (Å²) in [6, 6.07) is 6.12. The van der Waals surface area contributed by atoms with Gasteiger partial charge in [0.25, 0.3) is 0 Å². The van der Waals surface area contributed by atoms with Gasteiger partial charge in [0, 0.05) is 0 Å². The van der Waals surface area contributed by atoms with E-state index in [-0.39, 0.29) is 12.4 Å². The zero-order valence-electron chi connectivity index (χ0n) is 13.9. The van der Waals surface area contributed by atoms with Crippen molar-refractivity contribution in [3.05, 3.63) is 23.2 Å². The van der Waals surface area contributed by atoms with Crippen molar-refractivity contribution >= 4 is 34.0 Å². The maximum absolute atomic E-state index is 5.29. The number of hydrogen-bond donors (Lipinski definition) is 1. The summed E-state index contributed by atoms with van der Waals surface area (Å²) < 4.78 is 6.51. The lowest BCUT2D eigenvalue weighted by molar-refractivity contribution is 0.176. The number of aromatic nitrogens is 1. The van der Waals surface area contributed by atoms with Gasteiger partial charge in [-0.15, -0.1) is 23.7 Å². The second-order valence-electron chi connectivity index (χ2n) is 5.97. The van der Waals surface area contributed by atoms with Crippen molar-refractivity contribution in [2.24, 2.45) is 5.92 Å². The van der Waals surface area contributed by atoms with E-state index >= 15 is 0 Å². The minimum Gasteiger partial charge on any atom is -0.497 e. The molecule has 0 unspecified atom stereocenters. The minimum absolute atomic E-state index is 0. The Hall–Kier alpha value is -0.880. The van der Waals surface area contributed by atoms with Gasteiger partial charge in [-0.2, -0.15) is 0 Å². The highest BCUT2D eigenvalue weighted by Crippen LogP contribution is 2.28. The van der Waals surface area contributed by atoms with Crippen LogP contribution in [0.1, 0.15) is 24.8 Å². The monoisotopic (exact) mass is 355 g/mol. The Morgan fingerprint density at radius 3 is 2.83 bits per heavy atom. The molecular weight excluding hydrogens is 330 g/mol. The van der Waals surface area contributed by atoms with Crippen LogP contribution in [0, 0.1) is 5.92 Å². The molecule has 0 atom stereocenters. The van der Waals surface area contributed by atoms with Gasteiger partial charge in [-0.1, -0.05) is 6.92 Å². The predicted molar refractivity (Wildman–Crippen MR) is 100.0 cm³/mol. The summed E-state index contributed by atoms with van der Waals surface area (Å²) in [6.07, 6.45) is 2.59. The van der Waals surface area contributed by atoms with Crippen molar-refractivity contribution in [2.45, 2.75) is 26.3 Å². The lowest BCUT2D eigenvalue weighted by Gasteiger charge is -2.31. The number of nitrogens with one attached hydrogen (secondary N) is 1. The zero-order chi connectivity index (χ0) is 15.4. The van der Waals surface area contributed by atoms with Gasteiger partial charge in [-0.25, -0.2) is 4.98 Å². The van der Waals surface area contributed by atoms with E-state index in [2.05, 4.69) is 29.3 Å². The number of likely N-dealkylation sites (tertiary alicyclic amines) is 1. The molecule has 0 amide bonds. The SMILES string of the molecule is CCNCC1CCN(Cc2nc3ccc(OC)cc3s2)CC1.Cl. The number of fused-ring (bicyclic) bond motifs is 1. The van der Waals surface area contributed by atoms with E-state index < -0.39 is 0 Å². The molecule has 1 aliphatic rings. The molecule has 0 aliphatic carbocycles. The molecule has 1 fully saturated rings. The minimum atomic E-state index is 0. The number of benzene rings is 1. The van der Waals surface area contributed by atoms with Crippen molar-refractivity contribution in [3.63, 3.8) is 0 Å². The van der Waals surface area contributed by atoms with Crippen LogP contribution >= 0.6 is 23.7 Å². The molecule has 6 heteroatoms. The Balaban J connectivity index is 0.00000192. The average Bonchev–Trinajstić information content (AvgIpc) is 2.95. The van der Waals surface area contributed by atoms with Gasteiger partial charge in [0.1, 0.15) is 10.8 Å². The van der Waals surface area contributed by atoms with Crippen LogP contribution in [0.25, 0.3) is 10.2 Å². The Labute approximate surface area is 148 Å². The summed E-state index contributed by atoms with van der Waals surface area (Å²) in [7, 11) is 1.71. The molecule has 1 saturated heterocycles. The van der Waals surface area contributed by atoms with Crippen LogP contribution in [0.15, 0.2) is 18.2 Å². The highest BCUT2D eigenvalue weighted by atomic mass is 35.5. The van der Waals surface area contributed by atoms with Crippen LogP contribution in [0.4, 0.5) is 0 Å². The summed E-state index contributed by atoms with van der Waals surface area (Å²) in [5.41, 5.74) is 1.09. The van der Waals surface area contributed by atoms with Gasteiger partial charge in [-0.3, -0.25) is 4.90 Å². The van der Waals surface area contributed by atoms with Crippen LogP contribution < -0.4 is 10.1 Å². The number of hydrogen-bond acceptors (Lipinski definition) is 5. The Morgan fingerprint density at radius 1 is 1.35 bits per heavy atom. The highest BCUT2D eigenvalue weighted by Gasteiger charge is 2.19. The number of piperidine rings is 1. The van der Waals surface area contributed by atoms with E-state index in [0.717, 1.165) is 30.3 Å². The maximum atomic E-state index is 5.29. The van der Waals surface area contributed by atoms with Crippen LogP contribution in [-0.4, -0.2) is 43.2 Å². The molecule has 1 aliphatic heterocycles. The Morgan fingerprint density at radius 2 is 2.13 bits per heavy atom. The number of nitrogens with zero attached hydrogens (tertiary/aromatic N) is 2. The van der Waals surface area contributed by atoms with Crippen LogP contribution in [-0.2, 0) is 6.54 Å². The standard InChI is InChI=1S/C17H25N3OS.ClH/c1-3-18-11-13-6-8-20(9-7-13)12-17-19-15-5-4-14(21-2)10-16(15)22-17;/h4-5,10,13,18H,3,6-9,11-12H2,1-2H3;1H. The normalized spacial score (nSPS) is 16.4. The molecule has 3 rings (SSSR count). The lowest BCUT2D eigenvalue weighted by atomic mass is 9.97. The molecule has 1 aromatic heterocycles. The topological polar surface area (TPSA) is 37.4 Å². The van der Waals surface area contributed by atoms with Gasteiger partial charge >= 0.3 is 0 Å². The average molecular weight is 356 g/mol. The zero-order valence-corrected chi connectivity index (χ0v) is 15.5. The third kappa shape index (κ3) is 4.80. The van der Waals surface area contributed by atoms with E-state index in [0.29, 0.717) is 0 Å². The summed E-state index contributed by atoms with van der Waals surface area (Å²) in [6.45, 7) is 7.79. The first-order valence-electron chi connectivity index (χ1n) is 8.15. The molecule has 0 bridgehead atoms. The first kappa shape index (κ1) is 18.5. The molecule has 4 nitrogen and oxygen atoms in total. The molecular formula is C17H26ClN3OS. The van der Waals surface area contributed by atoms with Crippen molar-refractivity contribution in [3.8, 4) is 5.75 Å². The number of rotatable bonds is 6. The van der Waals surface area contributed by atoms with Crippen molar-refractivity contribution in [2.75, 3.05) is 33.3 Å². The van der Waals surface area contributed by atoms with Crippen molar-refractivity contribution in [1.29, 1.82) is 0 Å². The quantitative estimate of drug-likeness (QED) is 0.859. The fourth-order valence-corrected chi connectivity index (χ4v) is 4.07. The molecule has 2 aromatic rings. The summed E-state index contributed by atoms with van der Waals surface area (Å²) in [5, 5.41) is 4.69. The largest absolute Gasteiger partial charge is 0.497 e. The fourth-order valence-electron chi connectivity index (χ4n) is 3.04. The van der Waals surface area contributed by atoms with Gasteiger partial charge in [0.2, 0.25) is 0 Å². The Bertz CT molecular complexity index is 611. The molecule has 1 N–H and O–H groups in total. The Kier molecular flexibility index (Phi) is 7.09. The number of methoxy groups -OCH3 is 1. The van der Waals surface area contributed by atoms with E-state index in [1.54, 1.807) is 18.4 Å². The highest BCUT2D eigenvalue weighted by molar-refractivity contribution is 7.18. The first-order valence-corrected chi connectivity index (χ1v) is 8.96. The smallest absolute Gasteiger partial charge is 0.120 e. The van der Waals surface area contributed by atoms with Crippen LogP contribution in [0.2, 0.25) is 0 Å². The summed E-state index contributed by atoms with van der Waals surface area (Å²) in [4.78, 5) is 7.30. The lowest BCUT2D eigenvalue weighted by Crippen LogP contribution is -2.36. The van der Waals surface area contributed by atoms with E-state index in [1.807, 2.05) is 6.07 Å². The molecule has 0 saturated carbocycles. The van der Waals surface area contributed by atoms with Gasteiger partial charge in [-0.05, 0) is 63.1 Å². The number of halogens is 1. The first-order chi connectivity index (χ1) is 10.8.